The Bertz CT molecular complexity index is 520. The van der Waals surface area contributed by atoms with Gasteiger partial charge >= 0.3 is 12.1 Å². The summed E-state index contributed by atoms with van der Waals surface area (Å²) < 4.78 is 10.4. The highest BCUT2D eigenvalue weighted by Crippen LogP contribution is 2.16. The predicted octanol–water partition coefficient (Wildman–Crippen LogP) is 1.83. The normalized spacial score (nSPS) is 21.6. The zero-order chi connectivity index (χ0) is 18.2. The molecule has 7 heteroatoms. The smallest absolute Gasteiger partial charge is 0.407 e. The van der Waals surface area contributed by atoms with Crippen molar-refractivity contribution in [3.8, 4) is 0 Å². The van der Waals surface area contributed by atoms with E-state index < -0.39 is 23.8 Å². The van der Waals surface area contributed by atoms with Crippen LogP contribution in [-0.4, -0.2) is 42.3 Å². The fourth-order valence-electron chi connectivity index (χ4n) is 2.12. The summed E-state index contributed by atoms with van der Waals surface area (Å²) in [6.45, 7) is 7.34. The third-order valence-corrected chi connectivity index (χ3v) is 3.03. The molecule has 1 heterocycles. The molecule has 2 N–H and O–H groups in total. The molecular formula is C17H26N2O5. The van der Waals surface area contributed by atoms with Crippen LogP contribution in [-0.2, 0) is 19.1 Å². The average molecular weight is 338 g/mol. The number of allylic oxidation sites excluding steroid dienone is 3. The second-order valence-electron chi connectivity index (χ2n) is 6.52. The Kier molecular flexibility index (Phi) is 7.48. The van der Waals surface area contributed by atoms with Gasteiger partial charge in [0.05, 0.1) is 13.0 Å². The minimum Gasteiger partial charge on any atom is -0.460 e. The van der Waals surface area contributed by atoms with Crippen LogP contribution >= 0.6 is 0 Å². The van der Waals surface area contributed by atoms with Gasteiger partial charge in [-0.15, -0.1) is 0 Å². The maximum atomic E-state index is 11.8. The topological polar surface area (TPSA) is 93.7 Å². The summed E-state index contributed by atoms with van der Waals surface area (Å²) in [7, 11) is 0. The quantitative estimate of drug-likeness (QED) is 0.453. The number of carbonyl (C=O) groups excluding carboxylic acids is 3. The lowest BCUT2D eigenvalue weighted by Gasteiger charge is -2.30. The molecule has 0 aromatic rings. The summed E-state index contributed by atoms with van der Waals surface area (Å²) >= 11 is 0. The molecule has 24 heavy (non-hydrogen) atoms. The van der Waals surface area contributed by atoms with Crippen molar-refractivity contribution in [3.63, 3.8) is 0 Å². The molecule has 0 saturated carbocycles. The lowest BCUT2D eigenvalue weighted by molar-refractivity contribution is -0.155. The lowest BCUT2D eigenvalue weighted by Crippen LogP contribution is -2.48. The third kappa shape index (κ3) is 8.36. The van der Waals surface area contributed by atoms with Gasteiger partial charge in [0.2, 0.25) is 5.91 Å². The minimum absolute atomic E-state index is 0.0882. The van der Waals surface area contributed by atoms with E-state index in [9.17, 15) is 14.4 Å². The van der Waals surface area contributed by atoms with Crippen LogP contribution in [0.2, 0.25) is 0 Å². The van der Waals surface area contributed by atoms with Crippen molar-refractivity contribution in [1.82, 2.24) is 10.6 Å². The second-order valence-corrected chi connectivity index (χ2v) is 6.52. The van der Waals surface area contributed by atoms with Gasteiger partial charge in [0.15, 0.2) is 0 Å². The van der Waals surface area contributed by atoms with Gasteiger partial charge in [-0.2, -0.15) is 0 Å². The fourth-order valence-corrected chi connectivity index (χ4v) is 2.12. The summed E-state index contributed by atoms with van der Waals surface area (Å²) in [5.41, 5.74) is -0.605. The molecule has 1 aliphatic heterocycles. The minimum atomic E-state index is -0.605. The monoisotopic (exact) mass is 338 g/mol. The summed E-state index contributed by atoms with van der Waals surface area (Å²) in [6, 6.07) is -0.374. The molecule has 134 valence electrons. The van der Waals surface area contributed by atoms with Crippen molar-refractivity contribution in [2.24, 2.45) is 0 Å². The molecule has 1 saturated heterocycles. The Morgan fingerprint density at radius 3 is 2.67 bits per heavy atom. The SMILES string of the molecule is C/C=C\C=C\C(=O)NC[C@H]1C[C@@H](NC(=O)OC(C)(C)C)CC(=O)O1. The molecule has 1 rings (SSSR count). The van der Waals surface area contributed by atoms with Crippen molar-refractivity contribution in [1.29, 1.82) is 0 Å². The standard InChI is InChI=1S/C17H26N2O5/c1-5-6-7-8-14(20)18-11-13-9-12(10-15(21)23-13)19-16(22)24-17(2,3)4/h5-8,12-13H,9-11H2,1-4H3,(H,18,20)(H,19,22)/b6-5-,8-7+/t12-,13-/m1/s1. The Balaban J connectivity index is 2.46. The Hall–Kier alpha value is -2.31. The van der Waals surface area contributed by atoms with Crippen molar-refractivity contribution in [2.75, 3.05) is 6.54 Å². The molecule has 0 aromatic carbocycles. The molecule has 0 aromatic heterocycles. The summed E-state index contributed by atoms with van der Waals surface area (Å²) in [4.78, 5) is 35.0. The van der Waals surface area contributed by atoms with Gasteiger partial charge in [-0.1, -0.05) is 18.2 Å². The molecule has 1 fully saturated rings. The highest BCUT2D eigenvalue weighted by atomic mass is 16.6. The first-order chi connectivity index (χ1) is 11.2. The van der Waals surface area contributed by atoms with Gasteiger partial charge in [0, 0.05) is 18.5 Å². The van der Waals surface area contributed by atoms with Gasteiger partial charge in [-0.25, -0.2) is 4.79 Å². The van der Waals surface area contributed by atoms with Gasteiger partial charge < -0.3 is 20.1 Å². The lowest BCUT2D eigenvalue weighted by atomic mass is 10.0. The summed E-state index contributed by atoms with van der Waals surface area (Å²) in [6.07, 6.45) is 6.01. The molecule has 0 bridgehead atoms. The van der Waals surface area contributed by atoms with Gasteiger partial charge in [-0.3, -0.25) is 9.59 Å². The summed E-state index contributed by atoms with van der Waals surface area (Å²) in [5.74, 6) is -0.683. The second kappa shape index (κ2) is 9.10. The number of carbonyl (C=O) groups is 3. The molecule has 7 nitrogen and oxygen atoms in total. The molecular weight excluding hydrogens is 312 g/mol. The van der Waals surface area contributed by atoms with E-state index in [0.29, 0.717) is 6.42 Å². The van der Waals surface area contributed by atoms with E-state index >= 15 is 0 Å². The van der Waals surface area contributed by atoms with E-state index in [0.717, 1.165) is 0 Å². The predicted molar refractivity (Wildman–Crippen MR) is 89.2 cm³/mol. The molecule has 0 aliphatic carbocycles. The maximum Gasteiger partial charge on any atom is 0.407 e. The average Bonchev–Trinajstić information content (AvgIpc) is 2.42. The van der Waals surface area contributed by atoms with Crippen LogP contribution in [0.4, 0.5) is 4.79 Å². The van der Waals surface area contributed by atoms with E-state index in [1.807, 2.05) is 6.92 Å². The number of amides is 2. The van der Waals surface area contributed by atoms with Gasteiger partial charge in [-0.05, 0) is 27.7 Å². The van der Waals surface area contributed by atoms with Crippen molar-refractivity contribution in [3.05, 3.63) is 24.3 Å². The van der Waals surface area contributed by atoms with Crippen molar-refractivity contribution in [2.45, 2.75) is 58.3 Å². The molecule has 0 unspecified atom stereocenters. The fraction of sp³-hybridized carbons (Fsp3) is 0.588. The molecule has 2 amide bonds. The number of hydrogen-bond acceptors (Lipinski definition) is 5. The van der Waals surface area contributed by atoms with E-state index in [1.165, 1.54) is 6.08 Å². The first-order valence-corrected chi connectivity index (χ1v) is 7.96. The van der Waals surface area contributed by atoms with Crippen LogP contribution in [0.1, 0.15) is 40.5 Å². The van der Waals surface area contributed by atoms with Crippen molar-refractivity contribution < 1.29 is 23.9 Å². The van der Waals surface area contributed by atoms with Crippen LogP contribution in [0.25, 0.3) is 0 Å². The Morgan fingerprint density at radius 2 is 2.04 bits per heavy atom. The zero-order valence-corrected chi connectivity index (χ0v) is 14.6. The first kappa shape index (κ1) is 19.7. The number of esters is 1. The number of rotatable bonds is 5. The zero-order valence-electron chi connectivity index (χ0n) is 14.6. The van der Waals surface area contributed by atoms with E-state index in [1.54, 1.807) is 39.0 Å². The number of ether oxygens (including phenoxy) is 2. The van der Waals surface area contributed by atoms with Crippen molar-refractivity contribution >= 4 is 18.0 Å². The highest BCUT2D eigenvalue weighted by Gasteiger charge is 2.30. The Labute approximate surface area is 142 Å². The highest BCUT2D eigenvalue weighted by molar-refractivity contribution is 5.87. The molecule has 2 atom stereocenters. The molecule has 0 radical (unpaired) electrons. The largest absolute Gasteiger partial charge is 0.460 e. The van der Waals surface area contributed by atoms with E-state index in [-0.39, 0.29) is 24.9 Å². The van der Waals surface area contributed by atoms with E-state index in [4.69, 9.17) is 9.47 Å². The molecule has 0 spiro atoms. The molecule has 1 aliphatic rings. The third-order valence-electron chi connectivity index (χ3n) is 3.03. The number of hydrogen-bond donors (Lipinski definition) is 2. The first-order valence-electron chi connectivity index (χ1n) is 7.96. The van der Waals surface area contributed by atoms with Crippen LogP contribution in [0.5, 0.6) is 0 Å². The van der Waals surface area contributed by atoms with E-state index in [2.05, 4.69) is 10.6 Å². The van der Waals surface area contributed by atoms with Crippen LogP contribution in [0.3, 0.4) is 0 Å². The number of cyclic esters (lactones) is 1. The number of alkyl carbamates (subject to hydrolysis) is 1. The number of nitrogens with one attached hydrogen (secondary N) is 2. The van der Waals surface area contributed by atoms with Gasteiger partial charge in [0.1, 0.15) is 11.7 Å². The Morgan fingerprint density at radius 1 is 1.33 bits per heavy atom. The summed E-state index contributed by atoms with van der Waals surface area (Å²) in [5, 5.41) is 5.33. The maximum absolute atomic E-state index is 11.8. The van der Waals surface area contributed by atoms with Crippen LogP contribution in [0, 0.1) is 0 Å². The van der Waals surface area contributed by atoms with Gasteiger partial charge in [0.25, 0.3) is 0 Å². The van der Waals surface area contributed by atoms with Crippen LogP contribution in [0.15, 0.2) is 24.3 Å². The van der Waals surface area contributed by atoms with Crippen LogP contribution < -0.4 is 10.6 Å².